The number of aromatic hydroxyl groups is 2. The average molecular weight is 370 g/mol. The van der Waals surface area contributed by atoms with E-state index < -0.39 is 29.4 Å². The van der Waals surface area contributed by atoms with Gasteiger partial charge in [0.25, 0.3) is 0 Å². The number of phenolic OH excluding ortho intramolecular Hbond substituents is 2. The third-order valence-electron chi connectivity index (χ3n) is 4.27. The standard InChI is InChI=1S/C21H22O6/c1-5-12(4)21(26)27-17(9-6-11(2)3)13-10-16(24)18-14(22)7-8-15(23)19(18)20(13)25/h5-8,10,17,22-23H,9H2,1-4H3/t17-/m0/s1. The summed E-state index contributed by atoms with van der Waals surface area (Å²) in [7, 11) is 0. The normalized spacial score (nSPS) is 15.0. The maximum Gasteiger partial charge on any atom is 0.334 e. The van der Waals surface area contributed by atoms with E-state index in [1.807, 2.05) is 13.8 Å². The molecular weight excluding hydrogens is 348 g/mol. The second-order valence-corrected chi connectivity index (χ2v) is 6.53. The third-order valence-corrected chi connectivity index (χ3v) is 4.27. The number of ether oxygens (including phenoxy) is 1. The van der Waals surface area contributed by atoms with Crippen molar-refractivity contribution in [3.8, 4) is 11.5 Å². The number of ketones is 2. The lowest BCUT2D eigenvalue weighted by Crippen LogP contribution is -2.29. The van der Waals surface area contributed by atoms with Crippen LogP contribution in [-0.4, -0.2) is 33.9 Å². The molecule has 27 heavy (non-hydrogen) atoms. The predicted molar refractivity (Wildman–Crippen MR) is 99.9 cm³/mol. The van der Waals surface area contributed by atoms with Crippen LogP contribution in [0.3, 0.4) is 0 Å². The summed E-state index contributed by atoms with van der Waals surface area (Å²) in [4.78, 5) is 37.6. The van der Waals surface area contributed by atoms with E-state index in [0.717, 1.165) is 23.8 Å². The van der Waals surface area contributed by atoms with Crippen LogP contribution in [0.2, 0.25) is 0 Å². The number of allylic oxidation sites excluding steroid dienone is 3. The number of fused-ring (bicyclic) bond motifs is 1. The lowest BCUT2D eigenvalue weighted by Gasteiger charge is -2.23. The average Bonchev–Trinajstić information content (AvgIpc) is 2.62. The SMILES string of the molecule is CC=C(C)C(=O)O[C@@H](CC=C(C)C)C1=CC(=O)c2c(O)ccc(O)c2C1=O. The Labute approximate surface area is 157 Å². The molecule has 0 radical (unpaired) electrons. The van der Waals surface area contributed by atoms with Gasteiger partial charge in [0.2, 0.25) is 0 Å². The monoisotopic (exact) mass is 370 g/mol. The van der Waals surface area contributed by atoms with E-state index in [-0.39, 0.29) is 28.9 Å². The van der Waals surface area contributed by atoms with E-state index >= 15 is 0 Å². The van der Waals surface area contributed by atoms with Gasteiger partial charge in [-0.25, -0.2) is 4.79 Å². The molecule has 0 saturated heterocycles. The van der Waals surface area contributed by atoms with Crippen molar-refractivity contribution in [2.45, 2.75) is 40.2 Å². The highest BCUT2D eigenvalue weighted by atomic mass is 16.5. The molecule has 1 aliphatic rings. The van der Waals surface area contributed by atoms with E-state index in [9.17, 15) is 24.6 Å². The summed E-state index contributed by atoms with van der Waals surface area (Å²) in [5.41, 5.74) is 0.755. The number of carbonyl (C=O) groups excluding carboxylic acids is 3. The molecule has 142 valence electrons. The highest BCUT2D eigenvalue weighted by molar-refractivity contribution is 6.27. The Morgan fingerprint density at radius 1 is 1.11 bits per heavy atom. The summed E-state index contributed by atoms with van der Waals surface area (Å²) in [5.74, 6) is -2.69. The summed E-state index contributed by atoms with van der Waals surface area (Å²) in [6.07, 6.45) is 3.64. The van der Waals surface area contributed by atoms with Crippen molar-refractivity contribution in [3.63, 3.8) is 0 Å². The molecule has 0 aliphatic heterocycles. The van der Waals surface area contributed by atoms with Gasteiger partial charge < -0.3 is 14.9 Å². The molecule has 6 heteroatoms. The first-order valence-electron chi connectivity index (χ1n) is 8.50. The van der Waals surface area contributed by atoms with E-state index in [1.165, 1.54) is 0 Å². The van der Waals surface area contributed by atoms with Gasteiger partial charge in [-0.1, -0.05) is 17.7 Å². The number of hydrogen-bond acceptors (Lipinski definition) is 6. The summed E-state index contributed by atoms with van der Waals surface area (Å²) in [6, 6.07) is 2.29. The number of esters is 1. The zero-order chi connectivity index (χ0) is 20.3. The molecule has 0 saturated carbocycles. The van der Waals surface area contributed by atoms with Gasteiger partial charge in [0.15, 0.2) is 11.6 Å². The van der Waals surface area contributed by atoms with Crippen LogP contribution in [0.1, 0.15) is 54.8 Å². The first-order valence-corrected chi connectivity index (χ1v) is 8.50. The molecule has 2 rings (SSSR count). The van der Waals surface area contributed by atoms with Crippen LogP contribution in [0.25, 0.3) is 0 Å². The summed E-state index contributed by atoms with van der Waals surface area (Å²) in [5, 5.41) is 20.0. The number of phenols is 2. The minimum atomic E-state index is -0.992. The maximum absolute atomic E-state index is 12.9. The van der Waals surface area contributed by atoms with Gasteiger partial charge in [0.05, 0.1) is 11.1 Å². The van der Waals surface area contributed by atoms with Gasteiger partial charge >= 0.3 is 5.97 Å². The first kappa shape index (κ1) is 20.2. The van der Waals surface area contributed by atoms with Crippen molar-refractivity contribution in [3.05, 3.63) is 58.2 Å². The van der Waals surface area contributed by atoms with Crippen molar-refractivity contribution >= 4 is 17.5 Å². The Kier molecular flexibility index (Phi) is 6.00. The maximum atomic E-state index is 12.9. The predicted octanol–water partition coefficient (Wildman–Crippen LogP) is 3.64. The van der Waals surface area contributed by atoms with Crippen LogP contribution >= 0.6 is 0 Å². The number of carbonyl (C=O) groups is 3. The summed E-state index contributed by atoms with van der Waals surface area (Å²) >= 11 is 0. The Morgan fingerprint density at radius 2 is 1.70 bits per heavy atom. The van der Waals surface area contributed by atoms with Gasteiger partial charge in [0.1, 0.15) is 17.6 Å². The summed E-state index contributed by atoms with van der Waals surface area (Å²) < 4.78 is 5.46. The molecule has 0 unspecified atom stereocenters. The van der Waals surface area contributed by atoms with Crippen LogP contribution in [0, 0.1) is 0 Å². The Bertz CT molecular complexity index is 897. The molecule has 1 aliphatic carbocycles. The minimum absolute atomic E-state index is 0.0387. The molecule has 0 aromatic heterocycles. The van der Waals surface area contributed by atoms with Crippen molar-refractivity contribution < 1.29 is 29.3 Å². The van der Waals surface area contributed by atoms with Crippen LogP contribution in [0.15, 0.2) is 47.1 Å². The molecule has 1 aromatic carbocycles. The number of rotatable bonds is 5. The third kappa shape index (κ3) is 4.16. The Hall–Kier alpha value is -3.15. The van der Waals surface area contributed by atoms with Crippen molar-refractivity contribution in [1.29, 1.82) is 0 Å². The van der Waals surface area contributed by atoms with Gasteiger partial charge in [-0.15, -0.1) is 0 Å². The number of benzene rings is 1. The van der Waals surface area contributed by atoms with Crippen molar-refractivity contribution in [2.24, 2.45) is 0 Å². The van der Waals surface area contributed by atoms with E-state index in [0.29, 0.717) is 5.57 Å². The molecule has 2 N–H and O–H groups in total. The fraction of sp³-hybridized carbons (Fsp3) is 0.286. The lowest BCUT2D eigenvalue weighted by atomic mass is 9.85. The fourth-order valence-corrected chi connectivity index (χ4v) is 2.64. The smallest absolute Gasteiger partial charge is 0.334 e. The van der Waals surface area contributed by atoms with Crippen LogP contribution in [0.5, 0.6) is 11.5 Å². The fourth-order valence-electron chi connectivity index (χ4n) is 2.64. The molecule has 6 nitrogen and oxygen atoms in total. The van der Waals surface area contributed by atoms with Crippen LogP contribution in [0.4, 0.5) is 0 Å². The van der Waals surface area contributed by atoms with E-state index in [4.69, 9.17) is 4.74 Å². The molecule has 0 spiro atoms. The van der Waals surface area contributed by atoms with Crippen LogP contribution in [-0.2, 0) is 9.53 Å². The molecule has 0 bridgehead atoms. The highest BCUT2D eigenvalue weighted by Crippen LogP contribution is 2.36. The lowest BCUT2D eigenvalue weighted by molar-refractivity contribution is -0.142. The zero-order valence-electron chi connectivity index (χ0n) is 15.7. The molecule has 1 atom stereocenters. The van der Waals surface area contributed by atoms with E-state index in [2.05, 4.69) is 0 Å². The first-order chi connectivity index (χ1) is 12.7. The van der Waals surface area contributed by atoms with Gasteiger partial charge in [-0.05, 0) is 45.9 Å². The number of Topliss-reactive ketones (excluding diaryl/α,β-unsaturated/α-hetero) is 1. The second kappa shape index (κ2) is 8.03. The largest absolute Gasteiger partial charge is 0.507 e. The zero-order valence-corrected chi connectivity index (χ0v) is 15.7. The van der Waals surface area contributed by atoms with E-state index in [1.54, 1.807) is 26.0 Å². The van der Waals surface area contributed by atoms with Gasteiger partial charge in [-0.3, -0.25) is 9.59 Å². The second-order valence-electron chi connectivity index (χ2n) is 6.53. The van der Waals surface area contributed by atoms with Crippen LogP contribution < -0.4 is 0 Å². The van der Waals surface area contributed by atoms with Gasteiger partial charge in [-0.2, -0.15) is 0 Å². The molecule has 0 fully saturated rings. The molecule has 0 amide bonds. The van der Waals surface area contributed by atoms with Gasteiger partial charge in [0, 0.05) is 17.6 Å². The highest BCUT2D eigenvalue weighted by Gasteiger charge is 2.35. The Balaban J connectivity index is 2.51. The molecular formula is C21H22O6. The minimum Gasteiger partial charge on any atom is -0.507 e. The van der Waals surface area contributed by atoms with Crippen molar-refractivity contribution in [2.75, 3.05) is 0 Å². The topological polar surface area (TPSA) is 101 Å². The quantitative estimate of drug-likeness (QED) is 0.355. The van der Waals surface area contributed by atoms with Crippen molar-refractivity contribution in [1.82, 2.24) is 0 Å². The molecule has 0 heterocycles. The molecule has 1 aromatic rings. The number of hydrogen-bond donors (Lipinski definition) is 2. The summed E-state index contributed by atoms with van der Waals surface area (Å²) in [6.45, 7) is 6.99. The Morgan fingerprint density at radius 3 is 2.26 bits per heavy atom.